The van der Waals surface area contributed by atoms with Crippen LogP contribution in [0.15, 0.2) is 51.3 Å². The molecule has 8 heteroatoms. The molecule has 132 valence electrons. The van der Waals surface area contributed by atoms with E-state index in [1.165, 1.54) is 11.8 Å². The van der Waals surface area contributed by atoms with Gasteiger partial charge in [0.25, 0.3) is 0 Å². The summed E-state index contributed by atoms with van der Waals surface area (Å²) in [5, 5.41) is 4.13. The summed E-state index contributed by atoms with van der Waals surface area (Å²) in [6.07, 6.45) is 1.62. The normalized spacial score (nSPS) is 10.5. The van der Waals surface area contributed by atoms with Gasteiger partial charge in [-0.3, -0.25) is 5.43 Å². The Morgan fingerprint density at radius 3 is 2.48 bits per heavy atom. The van der Waals surface area contributed by atoms with E-state index in [2.05, 4.69) is 10.5 Å². The van der Waals surface area contributed by atoms with Crippen molar-refractivity contribution in [3.05, 3.63) is 42.0 Å². The molecule has 0 saturated heterocycles. The largest absolute Gasteiger partial charge is 0.497 e. The van der Waals surface area contributed by atoms with Crippen LogP contribution in [-0.4, -0.2) is 32.7 Å². The highest BCUT2D eigenvalue weighted by Gasteiger charge is 2.12. The van der Waals surface area contributed by atoms with Gasteiger partial charge < -0.3 is 19.9 Å². The molecule has 2 aromatic rings. The lowest BCUT2D eigenvalue weighted by molar-refractivity contribution is 0.394. The van der Waals surface area contributed by atoms with Gasteiger partial charge in [0.15, 0.2) is 5.11 Å². The minimum atomic E-state index is 0.0924. The molecule has 0 unspecified atom stereocenters. The highest BCUT2D eigenvalue weighted by atomic mass is 32.2. The highest BCUT2D eigenvalue weighted by molar-refractivity contribution is 7.99. The molecule has 0 spiro atoms. The van der Waals surface area contributed by atoms with Gasteiger partial charge in [-0.05, 0) is 42.5 Å². The molecular formula is C17H19N3O3S2. The van der Waals surface area contributed by atoms with Crippen LogP contribution in [0.5, 0.6) is 17.2 Å². The maximum atomic E-state index is 5.44. The molecule has 0 saturated carbocycles. The van der Waals surface area contributed by atoms with Crippen molar-refractivity contribution >= 4 is 35.3 Å². The SMILES string of the molecule is COc1ccc(OC)c(Sc2cccc(OC)c2C=NNC(N)=S)c1. The number of nitrogens with one attached hydrogen (secondary N) is 1. The smallest absolute Gasteiger partial charge is 0.184 e. The first-order valence-electron chi connectivity index (χ1n) is 7.24. The van der Waals surface area contributed by atoms with E-state index in [1.807, 2.05) is 36.4 Å². The van der Waals surface area contributed by atoms with Crippen molar-refractivity contribution in [3.63, 3.8) is 0 Å². The second kappa shape index (κ2) is 9.14. The van der Waals surface area contributed by atoms with Gasteiger partial charge in [-0.2, -0.15) is 5.10 Å². The third-order valence-electron chi connectivity index (χ3n) is 3.21. The van der Waals surface area contributed by atoms with Gasteiger partial charge in [-0.1, -0.05) is 17.8 Å². The minimum absolute atomic E-state index is 0.0924. The predicted molar refractivity (Wildman–Crippen MR) is 104 cm³/mol. The van der Waals surface area contributed by atoms with E-state index in [9.17, 15) is 0 Å². The number of hydrogen-bond donors (Lipinski definition) is 2. The van der Waals surface area contributed by atoms with Crippen LogP contribution < -0.4 is 25.4 Å². The lowest BCUT2D eigenvalue weighted by Crippen LogP contribution is -2.24. The zero-order valence-electron chi connectivity index (χ0n) is 14.1. The lowest BCUT2D eigenvalue weighted by atomic mass is 10.2. The van der Waals surface area contributed by atoms with Crippen LogP contribution in [0.4, 0.5) is 0 Å². The molecule has 0 aliphatic heterocycles. The number of benzene rings is 2. The van der Waals surface area contributed by atoms with Crippen LogP contribution in [0.3, 0.4) is 0 Å². The summed E-state index contributed by atoms with van der Waals surface area (Å²) in [7, 11) is 4.86. The van der Waals surface area contributed by atoms with Gasteiger partial charge in [0.2, 0.25) is 0 Å². The van der Waals surface area contributed by atoms with E-state index in [-0.39, 0.29) is 5.11 Å². The van der Waals surface area contributed by atoms with Crippen LogP contribution in [0.25, 0.3) is 0 Å². The number of methoxy groups -OCH3 is 3. The molecule has 0 aliphatic rings. The van der Waals surface area contributed by atoms with Crippen LogP contribution in [-0.2, 0) is 0 Å². The maximum Gasteiger partial charge on any atom is 0.184 e. The molecule has 0 bridgehead atoms. The molecule has 0 radical (unpaired) electrons. The summed E-state index contributed by atoms with van der Waals surface area (Å²) in [5.41, 5.74) is 8.74. The van der Waals surface area contributed by atoms with Crippen molar-refractivity contribution in [1.29, 1.82) is 0 Å². The monoisotopic (exact) mass is 377 g/mol. The first kappa shape index (κ1) is 18.9. The predicted octanol–water partition coefficient (Wildman–Crippen LogP) is 3.03. The van der Waals surface area contributed by atoms with E-state index in [4.69, 9.17) is 32.2 Å². The molecule has 0 fully saturated rings. The summed E-state index contributed by atoms with van der Waals surface area (Å²) in [5.74, 6) is 2.18. The average molecular weight is 377 g/mol. The number of nitrogens with zero attached hydrogens (tertiary/aromatic N) is 1. The van der Waals surface area contributed by atoms with Crippen molar-refractivity contribution < 1.29 is 14.2 Å². The lowest BCUT2D eigenvalue weighted by Gasteiger charge is -2.13. The van der Waals surface area contributed by atoms with Crippen molar-refractivity contribution in [2.75, 3.05) is 21.3 Å². The van der Waals surface area contributed by atoms with Gasteiger partial charge >= 0.3 is 0 Å². The van der Waals surface area contributed by atoms with Gasteiger partial charge in [0.1, 0.15) is 17.2 Å². The molecule has 6 nitrogen and oxygen atoms in total. The maximum absolute atomic E-state index is 5.44. The zero-order valence-corrected chi connectivity index (χ0v) is 15.7. The summed E-state index contributed by atoms with van der Waals surface area (Å²) < 4.78 is 16.2. The molecule has 0 atom stereocenters. The molecule has 0 aliphatic carbocycles. The number of hydrogen-bond acceptors (Lipinski definition) is 6. The summed E-state index contributed by atoms with van der Waals surface area (Å²) in [6.45, 7) is 0. The number of ether oxygens (including phenoxy) is 3. The van der Waals surface area contributed by atoms with Crippen molar-refractivity contribution in [1.82, 2.24) is 5.43 Å². The van der Waals surface area contributed by atoms with E-state index in [1.54, 1.807) is 27.5 Å². The first-order chi connectivity index (χ1) is 12.1. The third-order valence-corrected chi connectivity index (χ3v) is 4.41. The van der Waals surface area contributed by atoms with Crippen LogP contribution in [0.2, 0.25) is 0 Å². The molecule has 3 N–H and O–H groups in total. The van der Waals surface area contributed by atoms with E-state index in [0.717, 1.165) is 26.9 Å². The standard InChI is InChI=1S/C17H19N3O3S2/c1-21-11-7-8-14(23-3)16(9-11)25-15-6-4-5-13(22-2)12(15)10-19-20-17(18)24/h4-10H,1-3H3,(H3,18,20,24). The fraction of sp³-hybridized carbons (Fsp3) is 0.176. The second-order valence-electron chi connectivity index (χ2n) is 4.73. The van der Waals surface area contributed by atoms with Crippen molar-refractivity contribution in [3.8, 4) is 17.2 Å². The fourth-order valence-corrected chi connectivity index (χ4v) is 3.19. The Balaban J connectivity index is 2.42. The third kappa shape index (κ3) is 5.01. The molecule has 25 heavy (non-hydrogen) atoms. The zero-order chi connectivity index (χ0) is 18.2. The van der Waals surface area contributed by atoms with Gasteiger partial charge in [0, 0.05) is 4.90 Å². The Labute approximate surface area is 156 Å². The van der Waals surface area contributed by atoms with E-state index in [0.29, 0.717) is 5.75 Å². The first-order valence-corrected chi connectivity index (χ1v) is 8.47. The quantitative estimate of drug-likeness (QED) is 0.436. The number of rotatable bonds is 7. The summed E-state index contributed by atoms with van der Waals surface area (Å²) >= 11 is 6.27. The summed E-state index contributed by atoms with van der Waals surface area (Å²) in [6, 6.07) is 11.4. The van der Waals surface area contributed by atoms with Crippen LogP contribution >= 0.6 is 24.0 Å². The van der Waals surface area contributed by atoms with Crippen LogP contribution in [0, 0.1) is 0 Å². The molecule has 2 aromatic carbocycles. The second-order valence-corrected chi connectivity index (χ2v) is 6.25. The Morgan fingerprint density at radius 2 is 1.84 bits per heavy atom. The molecule has 0 heterocycles. The van der Waals surface area contributed by atoms with Crippen molar-refractivity contribution in [2.45, 2.75) is 9.79 Å². The van der Waals surface area contributed by atoms with Crippen LogP contribution in [0.1, 0.15) is 5.56 Å². The van der Waals surface area contributed by atoms with Gasteiger partial charge in [-0.25, -0.2) is 0 Å². The molecule has 0 amide bonds. The fourth-order valence-electron chi connectivity index (χ4n) is 2.06. The number of hydrazone groups is 1. The highest BCUT2D eigenvalue weighted by Crippen LogP contribution is 2.40. The van der Waals surface area contributed by atoms with E-state index < -0.39 is 0 Å². The Morgan fingerprint density at radius 1 is 1.08 bits per heavy atom. The topological polar surface area (TPSA) is 78.1 Å². The minimum Gasteiger partial charge on any atom is -0.497 e. The van der Waals surface area contributed by atoms with Gasteiger partial charge in [0.05, 0.1) is 38.0 Å². The summed E-state index contributed by atoms with van der Waals surface area (Å²) in [4.78, 5) is 1.84. The number of nitrogens with two attached hydrogens (primary N) is 1. The Hall–Kier alpha value is -2.45. The molecular weight excluding hydrogens is 358 g/mol. The molecule has 0 aromatic heterocycles. The van der Waals surface area contributed by atoms with Gasteiger partial charge in [-0.15, -0.1) is 0 Å². The Kier molecular flexibility index (Phi) is 6.91. The van der Waals surface area contributed by atoms with Crippen molar-refractivity contribution in [2.24, 2.45) is 10.8 Å². The Bertz CT molecular complexity index is 782. The van der Waals surface area contributed by atoms with E-state index >= 15 is 0 Å². The average Bonchev–Trinajstić information content (AvgIpc) is 2.62. The number of thiocarbonyl (C=S) groups is 1. The molecule has 2 rings (SSSR count).